The SMILES string of the molecule is c1ccc2c(c1)OC1CCCCC21. The zero-order chi connectivity index (χ0) is 8.67. The van der Waals surface area contributed by atoms with Crippen molar-refractivity contribution in [3.05, 3.63) is 29.8 Å². The van der Waals surface area contributed by atoms with Gasteiger partial charge < -0.3 is 4.74 Å². The Morgan fingerprint density at radius 3 is 2.92 bits per heavy atom. The molecule has 13 heavy (non-hydrogen) atoms. The summed E-state index contributed by atoms with van der Waals surface area (Å²) in [6, 6.07) is 8.52. The van der Waals surface area contributed by atoms with Crippen molar-refractivity contribution in [1.82, 2.24) is 0 Å². The van der Waals surface area contributed by atoms with Crippen molar-refractivity contribution in [1.29, 1.82) is 0 Å². The van der Waals surface area contributed by atoms with Gasteiger partial charge in [0.25, 0.3) is 0 Å². The summed E-state index contributed by atoms with van der Waals surface area (Å²) >= 11 is 0. The summed E-state index contributed by atoms with van der Waals surface area (Å²) < 4.78 is 5.91. The number of ether oxygens (including phenoxy) is 1. The minimum Gasteiger partial charge on any atom is -0.489 e. The average Bonchev–Trinajstić information content (AvgIpc) is 2.56. The molecule has 2 atom stereocenters. The number of para-hydroxylation sites is 1. The predicted octanol–water partition coefficient (Wildman–Crippen LogP) is 3.11. The summed E-state index contributed by atoms with van der Waals surface area (Å²) in [5.74, 6) is 1.84. The molecule has 1 aromatic carbocycles. The molecule has 1 aliphatic heterocycles. The van der Waals surface area contributed by atoms with Gasteiger partial charge in [-0.3, -0.25) is 0 Å². The fraction of sp³-hybridized carbons (Fsp3) is 0.500. The van der Waals surface area contributed by atoms with E-state index < -0.39 is 0 Å². The van der Waals surface area contributed by atoms with Gasteiger partial charge in [-0.1, -0.05) is 24.6 Å². The normalized spacial score (nSPS) is 30.5. The molecule has 0 radical (unpaired) electrons. The Balaban J connectivity index is 2.01. The van der Waals surface area contributed by atoms with Crippen LogP contribution in [-0.4, -0.2) is 6.10 Å². The smallest absolute Gasteiger partial charge is 0.123 e. The minimum atomic E-state index is 0.492. The van der Waals surface area contributed by atoms with Crippen molar-refractivity contribution in [3.8, 4) is 5.75 Å². The molecule has 0 N–H and O–H groups in total. The lowest BCUT2D eigenvalue weighted by molar-refractivity contribution is 0.164. The van der Waals surface area contributed by atoms with E-state index in [1.807, 2.05) is 0 Å². The molecule has 0 spiro atoms. The zero-order valence-corrected chi connectivity index (χ0v) is 7.70. The van der Waals surface area contributed by atoms with Crippen molar-refractivity contribution < 1.29 is 4.74 Å². The van der Waals surface area contributed by atoms with Crippen molar-refractivity contribution in [3.63, 3.8) is 0 Å². The van der Waals surface area contributed by atoms with Gasteiger partial charge in [0.05, 0.1) is 0 Å². The average molecular weight is 174 g/mol. The summed E-state index contributed by atoms with van der Waals surface area (Å²) in [6.45, 7) is 0. The van der Waals surface area contributed by atoms with Crippen LogP contribution < -0.4 is 4.74 Å². The molecule has 2 unspecified atom stereocenters. The Bertz CT molecular complexity index is 319. The number of benzene rings is 1. The lowest BCUT2D eigenvalue weighted by atomic mass is 9.83. The molecule has 2 aliphatic rings. The van der Waals surface area contributed by atoms with Gasteiger partial charge in [-0.25, -0.2) is 0 Å². The number of fused-ring (bicyclic) bond motifs is 3. The summed E-state index contributed by atoms with van der Waals surface area (Å²) in [5, 5.41) is 0. The lowest BCUT2D eigenvalue weighted by Gasteiger charge is -2.23. The minimum absolute atomic E-state index is 0.492. The van der Waals surface area contributed by atoms with Crippen LogP contribution in [0.5, 0.6) is 5.75 Å². The third-order valence-corrected chi connectivity index (χ3v) is 3.30. The van der Waals surface area contributed by atoms with E-state index in [1.165, 1.54) is 31.2 Å². The van der Waals surface area contributed by atoms with E-state index in [9.17, 15) is 0 Å². The third-order valence-electron chi connectivity index (χ3n) is 3.30. The van der Waals surface area contributed by atoms with Gasteiger partial charge in [0.15, 0.2) is 0 Å². The van der Waals surface area contributed by atoms with E-state index in [0.717, 1.165) is 5.75 Å². The van der Waals surface area contributed by atoms with Crippen LogP contribution in [0.4, 0.5) is 0 Å². The van der Waals surface area contributed by atoms with E-state index in [4.69, 9.17) is 4.74 Å². The monoisotopic (exact) mass is 174 g/mol. The van der Waals surface area contributed by atoms with E-state index in [2.05, 4.69) is 24.3 Å². The van der Waals surface area contributed by atoms with Gasteiger partial charge in [0.2, 0.25) is 0 Å². The first kappa shape index (κ1) is 7.43. The Labute approximate surface area is 78.7 Å². The zero-order valence-electron chi connectivity index (χ0n) is 7.70. The van der Waals surface area contributed by atoms with Gasteiger partial charge in [0, 0.05) is 11.5 Å². The molecule has 1 heterocycles. The van der Waals surface area contributed by atoms with Gasteiger partial charge in [-0.05, 0) is 25.3 Å². The van der Waals surface area contributed by atoms with E-state index in [0.29, 0.717) is 12.0 Å². The number of hydrogen-bond acceptors (Lipinski definition) is 1. The highest BCUT2D eigenvalue weighted by Crippen LogP contribution is 2.44. The van der Waals surface area contributed by atoms with Crippen LogP contribution in [-0.2, 0) is 0 Å². The molecule has 0 amide bonds. The van der Waals surface area contributed by atoms with Crippen molar-refractivity contribution >= 4 is 0 Å². The van der Waals surface area contributed by atoms with Crippen molar-refractivity contribution in [2.24, 2.45) is 0 Å². The largest absolute Gasteiger partial charge is 0.489 e. The molecule has 0 bridgehead atoms. The number of hydrogen-bond donors (Lipinski definition) is 0. The maximum atomic E-state index is 5.91. The first-order valence-corrected chi connectivity index (χ1v) is 5.21. The van der Waals surface area contributed by atoms with Crippen molar-refractivity contribution in [2.45, 2.75) is 37.7 Å². The van der Waals surface area contributed by atoms with Gasteiger partial charge >= 0.3 is 0 Å². The molecule has 0 saturated heterocycles. The molecule has 1 aromatic rings. The molecule has 68 valence electrons. The summed E-state index contributed by atoms with van der Waals surface area (Å²) in [7, 11) is 0. The predicted molar refractivity (Wildman–Crippen MR) is 52.1 cm³/mol. The molecule has 1 heteroatoms. The maximum absolute atomic E-state index is 5.91. The first-order valence-electron chi connectivity index (χ1n) is 5.21. The Hall–Kier alpha value is -0.980. The van der Waals surface area contributed by atoms with Crippen molar-refractivity contribution in [2.75, 3.05) is 0 Å². The molecule has 1 saturated carbocycles. The van der Waals surface area contributed by atoms with Crippen LogP contribution in [0, 0.1) is 0 Å². The second kappa shape index (κ2) is 2.76. The Kier molecular flexibility index (Phi) is 1.58. The molecular formula is C12H14O. The highest BCUT2D eigenvalue weighted by molar-refractivity contribution is 5.41. The van der Waals surface area contributed by atoms with Crippen LogP contribution in [0.2, 0.25) is 0 Å². The topological polar surface area (TPSA) is 9.23 Å². The fourth-order valence-corrected chi connectivity index (χ4v) is 2.65. The van der Waals surface area contributed by atoms with Gasteiger partial charge in [0.1, 0.15) is 11.9 Å². The highest BCUT2D eigenvalue weighted by Gasteiger charge is 2.35. The third kappa shape index (κ3) is 1.06. The molecule has 0 aromatic heterocycles. The van der Waals surface area contributed by atoms with Gasteiger partial charge in [-0.15, -0.1) is 0 Å². The van der Waals surface area contributed by atoms with Crippen LogP contribution in [0.25, 0.3) is 0 Å². The van der Waals surface area contributed by atoms with Crippen LogP contribution in [0.15, 0.2) is 24.3 Å². The molecule has 1 nitrogen and oxygen atoms in total. The molecule has 1 aliphatic carbocycles. The van der Waals surface area contributed by atoms with E-state index in [1.54, 1.807) is 0 Å². The summed E-state index contributed by atoms with van der Waals surface area (Å²) in [6.07, 6.45) is 5.78. The molecule has 1 fully saturated rings. The quantitative estimate of drug-likeness (QED) is 0.587. The summed E-state index contributed by atoms with van der Waals surface area (Å²) in [4.78, 5) is 0. The van der Waals surface area contributed by atoms with E-state index >= 15 is 0 Å². The maximum Gasteiger partial charge on any atom is 0.123 e. The Morgan fingerprint density at radius 1 is 1.08 bits per heavy atom. The van der Waals surface area contributed by atoms with E-state index in [-0.39, 0.29) is 0 Å². The highest BCUT2D eigenvalue weighted by atomic mass is 16.5. The summed E-state index contributed by atoms with van der Waals surface area (Å²) in [5.41, 5.74) is 1.45. The van der Waals surface area contributed by atoms with Gasteiger partial charge in [-0.2, -0.15) is 0 Å². The molecular weight excluding hydrogens is 160 g/mol. The number of rotatable bonds is 0. The first-order chi connectivity index (χ1) is 6.45. The fourth-order valence-electron chi connectivity index (χ4n) is 2.65. The van der Waals surface area contributed by atoms with Crippen LogP contribution >= 0.6 is 0 Å². The standard InChI is InChI=1S/C12H14O/c1-3-7-11-9(5-1)10-6-2-4-8-12(10)13-11/h1,3,5,7,10,12H,2,4,6,8H2. The lowest BCUT2D eigenvalue weighted by Crippen LogP contribution is -2.22. The second-order valence-corrected chi connectivity index (χ2v) is 4.09. The Morgan fingerprint density at radius 2 is 1.92 bits per heavy atom. The van der Waals surface area contributed by atoms with Crippen LogP contribution in [0.3, 0.4) is 0 Å². The molecule has 3 rings (SSSR count). The van der Waals surface area contributed by atoms with Crippen LogP contribution in [0.1, 0.15) is 37.2 Å². The second-order valence-electron chi connectivity index (χ2n) is 4.09.